The van der Waals surface area contributed by atoms with Crippen LogP contribution < -0.4 is 5.56 Å². The molecular weight excluding hydrogens is 368 g/mol. The standard InChI is InChI=1S/C17H20N6O3S/c1-27(25,26)22-9-7-13(8-10-22)15-18-16-14(17(24)19-15)20-21-23(16)11-12-5-3-2-4-6-12/h2-6,13H,7-11H2,1H3,(H,18,19,24). The van der Waals surface area contributed by atoms with Crippen molar-refractivity contribution < 1.29 is 8.42 Å². The number of sulfonamides is 1. The maximum absolute atomic E-state index is 12.4. The van der Waals surface area contributed by atoms with Crippen LogP contribution in [0.5, 0.6) is 0 Å². The second-order valence-corrected chi connectivity index (χ2v) is 8.77. The van der Waals surface area contributed by atoms with Gasteiger partial charge in [0.25, 0.3) is 5.56 Å². The maximum atomic E-state index is 12.4. The number of benzene rings is 1. The van der Waals surface area contributed by atoms with E-state index < -0.39 is 10.0 Å². The van der Waals surface area contributed by atoms with Gasteiger partial charge in [-0.05, 0) is 18.4 Å². The van der Waals surface area contributed by atoms with Crippen molar-refractivity contribution in [2.24, 2.45) is 0 Å². The first-order valence-corrected chi connectivity index (χ1v) is 10.6. The van der Waals surface area contributed by atoms with Crippen LogP contribution >= 0.6 is 0 Å². The van der Waals surface area contributed by atoms with Crippen molar-refractivity contribution in [1.29, 1.82) is 0 Å². The van der Waals surface area contributed by atoms with Crippen LogP contribution in [0.25, 0.3) is 11.2 Å². The molecule has 0 aliphatic carbocycles. The molecule has 142 valence electrons. The molecule has 2 aromatic heterocycles. The summed E-state index contributed by atoms with van der Waals surface area (Å²) in [5, 5.41) is 8.04. The Labute approximate surface area is 156 Å². The number of nitrogens with zero attached hydrogens (tertiary/aromatic N) is 5. The molecule has 0 radical (unpaired) electrons. The minimum absolute atomic E-state index is 0.000162. The number of piperidine rings is 1. The van der Waals surface area contributed by atoms with Crippen molar-refractivity contribution in [1.82, 2.24) is 29.3 Å². The van der Waals surface area contributed by atoms with Gasteiger partial charge in [0.15, 0.2) is 11.2 Å². The van der Waals surface area contributed by atoms with Gasteiger partial charge in [0, 0.05) is 19.0 Å². The first-order chi connectivity index (χ1) is 12.9. The summed E-state index contributed by atoms with van der Waals surface area (Å²) in [5.74, 6) is 0.567. The fraction of sp³-hybridized carbons (Fsp3) is 0.412. The number of hydrogen-bond donors (Lipinski definition) is 1. The van der Waals surface area contributed by atoms with Crippen LogP contribution in [0.15, 0.2) is 35.1 Å². The lowest BCUT2D eigenvalue weighted by atomic mass is 9.97. The van der Waals surface area contributed by atoms with Crippen LogP contribution in [-0.4, -0.2) is 57.0 Å². The second kappa shape index (κ2) is 6.86. The summed E-state index contributed by atoms with van der Waals surface area (Å²) in [6.45, 7) is 1.32. The summed E-state index contributed by atoms with van der Waals surface area (Å²) in [5.41, 5.74) is 1.38. The number of aromatic amines is 1. The Balaban J connectivity index is 1.63. The number of nitrogens with one attached hydrogen (secondary N) is 1. The number of hydrogen-bond acceptors (Lipinski definition) is 6. The van der Waals surface area contributed by atoms with Crippen molar-refractivity contribution in [3.05, 3.63) is 52.1 Å². The summed E-state index contributed by atoms with van der Waals surface area (Å²) in [4.78, 5) is 19.8. The Morgan fingerprint density at radius 3 is 2.56 bits per heavy atom. The van der Waals surface area contributed by atoms with Gasteiger partial charge in [0.05, 0.1) is 12.8 Å². The fourth-order valence-corrected chi connectivity index (χ4v) is 4.27. The largest absolute Gasteiger partial charge is 0.308 e. The predicted octanol–water partition coefficient (Wildman–Crippen LogP) is 0.702. The molecule has 1 aliphatic heterocycles. The van der Waals surface area contributed by atoms with Crippen LogP contribution in [0.2, 0.25) is 0 Å². The number of aromatic nitrogens is 5. The smallest absolute Gasteiger partial charge is 0.281 e. The van der Waals surface area contributed by atoms with Gasteiger partial charge in [0.2, 0.25) is 10.0 Å². The molecule has 1 aliphatic rings. The van der Waals surface area contributed by atoms with Gasteiger partial charge < -0.3 is 4.98 Å². The third-order valence-electron chi connectivity index (χ3n) is 4.88. The zero-order chi connectivity index (χ0) is 19.0. The Hall–Kier alpha value is -2.59. The normalized spacial score (nSPS) is 16.8. The highest BCUT2D eigenvalue weighted by Gasteiger charge is 2.28. The number of H-pyrrole nitrogens is 1. The second-order valence-electron chi connectivity index (χ2n) is 6.79. The van der Waals surface area contributed by atoms with Gasteiger partial charge in [-0.15, -0.1) is 5.10 Å². The van der Waals surface area contributed by atoms with E-state index in [-0.39, 0.29) is 17.0 Å². The van der Waals surface area contributed by atoms with Crippen molar-refractivity contribution >= 4 is 21.2 Å². The van der Waals surface area contributed by atoms with Gasteiger partial charge in [-0.2, -0.15) is 0 Å². The van der Waals surface area contributed by atoms with E-state index in [1.807, 2.05) is 30.3 Å². The lowest BCUT2D eigenvalue weighted by molar-refractivity contribution is 0.315. The van der Waals surface area contributed by atoms with Crippen LogP contribution in [0, 0.1) is 0 Å². The third kappa shape index (κ3) is 3.62. The maximum Gasteiger partial charge on any atom is 0.281 e. The zero-order valence-corrected chi connectivity index (χ0v) is 15.7. The molecular formula is C17H20N6O3S. The first kappa shape index (κ1) is 17.8. The van der Waals surface area contributed by atoms with E-state index >= 15 is 0 Å². The van der Waals surface area contributed by atoms with Gasteiger partial charge in [-0.25, -0.2) is 22.4 Å². The quantitative estimate of drug-likeness (QED) is 0.704. The van der Waals surface area contributed by atoms with E-state index in [9.17, 15) is 13.2 Å². The lowest BCUT2D eigenvalue weighted by Gasteiger charge is -2.29. The van der Waals surface area contributed by atoms with Crippen molar-refractivity contribution in [2.45, 2.75) is 25.3 Å². The third-order valence-corrected chi connectivity index (χ3v) is 6.18. The van der Waals surface area contributed by atoms with Gasteiger partial charge in [-0.1, -0.05) is 35.5 Å². The van der Waals surface area contributed by atoms with Crippen LogP contribution in [-0.2, 0) is 16.6 Å². The van der Waals surface area contributed by atoms with E-state index in [0.29, 0.717) is 43.9 Å². The van der Waals surface area contributed by atoms with E-state index in [1.165, 1.54) is 10.6 Å². The highest BCUT2D eigenvalue weighted by Crippen LogP contribution is 2.26. The lowest BCUT2D eigenvalue weighted by Crippen LogP contribution is -2.37. The number of fused-ring (bicyclic) bond motifs is 1. The van der Waals surface area contributed by atoms with E-state index in [1.54, 1.807) is 4.68 Å². The Bertz CT molecular complexity index is 1110. The molecule has 0 atom stereocenters. The zero-order valence-electron chi connectivity index (χ0n) is 14.9. The highest BCUT2D eigenvalue weighted by atomic mass is 32.2. The monoisotopic (exact) mass is 388 g/mol. The molecule has 0 unspecified atom stereocenters. The van der Waals surface area contributed by atoms with Crippen molar-refractivity contribution in [2.75, 3.05) is 19.3 Å². The highest BCUT2D eigenvalue weighted by molar-refractivity contribution is 7.88. The molecule has 1 fully saturated rings. The summed E-state index contributed by atoms with van der Waals surface area (Å²) in [7, 11) is -3.19. The fourth-order valence-electron chi connectivity index (χ4n) is 3.40. The van der Waals surface area contributed by atoms with E-state index in [4.69, 9.17) is 0 Å². The Morgan fingerprint density at radius 1 is 1.19 bits per heavy atom. The van der Waals surface area contributed by atoms with Gasteiger partial charge in [-0.3, -0.25) is 4.79 Å². The minimum atomic E-state index is -3.19. The molecule has 1 aromatic carbocycles. The van der Waals surface area contributed by atoms with Crippen LogP contribution in [0.3, 0.4) is 0 Å². The van der Waals surface area contributed by atoms with Crippen LogP contribution in [0.4, 0.5) is 0 Å². The SMILES string of the molecule is CS(=O)(=O)N1CCC(c2nc3c(nnn3Cc3ccccc3)c(=O)[nH]2)CC1. The van der Waals surface area contributed by atoms with Crippen molar-refractivity contribution in [3.63, 3.8) is 0 Å². The minimum Gasteiger partial charge on any atom is -0.308 e. The van der Waals surface area contributed by atoms with Crippen LogP contribution in [0.1, 0.15) is 30.1 Å². The first-order valence-electron chi connectivity index (χ1n) is 8.74. The molecule has 3 heterocycles. The molecule has 1 N–H and O–H groups in total. The molecule has 1 saturated heterocycles. The molecule has 0 bridgehead atoms. The average molecular weight is 388 g/mol. The molecule has 3 aromatic rings. The van der Waals surface area contributed by atoms with Gasteiger partial charge in [0.1, 0.15) is 5.82 Å². The Morgan fingerprint density at radius 2 is 1.89 bits per heavy atom. The van der Waals surface area contributed by atoms with E-state index in [0.717, 1.165) is 5.56 Å². The van der Waals surface area contributed by atoms with Gasteiger partial charge >= 0.3 is 0 Å². The molecule has 0 spiro atoms. The predicted molar refractivity (Wildman–Crippen MR) is 99.9 cm³/mol. The van der Waals surface area contributed by atoms with E-state index in [2.05, 4.69) is 20.3 Å². The number of rotatable bonds is 4. The summed E-state index contributed by atoms with van der Waals surface area (Å²) in [6, 6.07) is 9.77. The molecule has 0 saturated carbocycles. The molecule has 4 rings (SSSR count). The molecule has 27 heavy (non-hydrogen) atoms. The molecule has 0 amide bonds. The average Bonchev–Trinajstić information content (AvgIpc) is 3.05. The van der Waals surface area contributed by atoms with Crippen molar-refractivity contribution in [3.8, 4) is 0 Å². The summed E-state index contributed by atoms with van der Waals surface area (Å²) >= 11 is 0. The topological polar surface area (TPSA) is 114 Å². The molecule has 9 nitrogen and oxygen atoms in total. The summed E-state index contributed by atoms with van der Waals surface area (Å²) in [6.07, 6.45) is 2.44. The summed E-state index contributed by atoms with van der Waals surface area (Å²) < 4.78 is 26.4. The molecule has 10 heteroatoms. The Kier molecular flexibility index (Phi) is 4.52.